The summed E-state index contributed by atoms with van der Waals surface area (Å²) in [4.78, 5) is 10.6. The van der Waals surface area contributed by atoms with Crippen LogP contribution in [0.25, 0.3) is 0 Å². The van der Waals surface area contributed by atoms with Crippen LogP contribution in [0, 0.1) is 0 Å². The minimum Gasteiger partial charge on any atom is -0.481 e. The van der Waals surface area contributed by atoms with Gasteiger partial charge in [-0.3, -0.25) is 4.79 Å². The van der Waals surface area contributed by atoms with Crippen molar-refractivity contribution in [3.05, 3.63) is 35.4 Å². The summed E-state index contributed by atoms with van der Waals surface area (Å²) in [5.41, 5.74) is 1.39. The number of rotatable bonds is 6. The molecule has 0 saturated heterocycles. The van der Waals surface area contributed by atoms with E-state index < -0.39 is 11.6 Å². The van der Waals surface area contributed by atoms with Crippen molar-refractivity contribution in [3.63, 3.8) is 0 Å². The van der Waals surface area contributed by atoms with E-state index >= 15 is 0 Å². The minimum absolute atomic E-state index is 0.0630. The lowest BCUT2D eigenvalue weighted by Crippen LogP contribution is -2.37. The third-order valence-electron chi connectivity index (χ3n) is 3.70. The molecule has 0 unspecified atom stereocenters. The monoisotopic (exact) mass is 263 g/mol. The topological polar surface area (TPSA) is 69.6 Å². The summed E-state index contributed by atoms with van der Waals surface area (Å²) in [6.45, 7) is 1.33. The molecule has 104 valence electrons. The molecule has 1 aliphatic carbocycles. The highest BCUT2D eigenvalue weighted by Gasteiger charge is 2.30. The lowest BCUT2D eigenvalue weighted by molar-refractivity contribution is -0.136. The number of nitrogens with one attached hydrogen (secondary N) is 1. The molecule has 1 aromatic carbocycles. The van der Waals surface area contributed by atoms with Gasteiger partial charge in [-0.25, -0.2) is 0 Å². The molecule has 3 N–H and O–H groups in total. The first-order valence-electron chi connectivity index (χ1n) is 6.80. The Balaban J connectivity index is 1.78. The molecule has 2 rings (SSSR count). The van der Waals surface area contributed by atoms with Gasteiger partial charge in [-0.05, 0) is 24.0 Å². The molecule has 0 bridgehead atoms. The number of aliphatic hydroxyl groups is 1. The van der Waals surface area contributed by atoms with Gasteiger partial charge < -0.3 is 15.5 Å². The van der Waals surface area contributed by atoms with Crippen LogP contribution < -0.4 is 5.32 Å². The highest BCUT2D eigenvalue weighted by molar-refractivity contribution is 5.70. The Morgan fingerprint density at radius 1 is 1.16 bits per heavy atom. The van der Waals surface area contributed by atoms with Crippen LogP contribution in [0.1, 0.15) is 36.8 Å². The van der Waals surface area contributed by atoms with Crippen LogP contribution in [0.2, 0.25) is 0 Å². The molecule has 4 heteroatoms. The summed E-state index contributed by atoms with van der Waals surface area (Å²) in [7, 11) is 0. The van der Waals surface area contributed by atoms with Crippen LogP contribution in [-0.2, 0) is 17.8 Å². The van der Waals surface area contributed by atoms with Crippen LogP contribution in [0.15, 0.2) is 24.3 Å². The van der Waals surface area contributed by atoms with Gasteiger partial charge in [-0.1, -0.05) is 37.1 Å². The summed E-state index contributed by atoms with van der Waals surface area (Å²) >= 11 is 0. The molecule has 19 heavy (non-hydrogen) atoms. The first kappa shape index (κ1) is 14.0. The van der Waals surface area contributed by atoms with Gasteiger partial charge in [-0.2, -0.15) is 0 Å². The summed E-state index contributed by atoms with van der Waals surface area (Å²) in [6, 6.07) is 7.55. The number of carbonyl (C=O) groups is 1. The summed E-state index contributed by atoms with van der Waals surface area (Å²) in [5.74, 6) is -0.811. The Labute approximate surface area is 113 Å². The Morgan fingerprint density at radius 3 is 2.32 bits per heavy atom. The van der Waals surface area contributed by atoms with Gasteiger partial charge in [-0.15, -0.1) is 0 Å². The molecule has 0 radical (unpaired) electrons. The third-order valence-corrected chi connectivity index (χ3v) is 3.70. The second kappa shape index (κ2) is 6.17. The Bertz CT molecular complexity index is 422. The van der Waals surface area contributed by atoms with E-state index in [2.05, 4.69) is 5.32 Å². The van der Waals surface area contributed by atoms with E-state index in [1.165, 1.54) is 0 Å². The van der Waals surface area contributed by atoms with Crippen molar-refractivity contribution in [3.8, 4) is 0 Å². The number of hydrogen-bond acceptors (Lipinski definition) is 3. The Hall–Kier alpha value is -1.39. The number of hydrogen-bond donors (Lipinski definition) is 3. The summed E-state index contributed by atoms with van der Waals surface area (Å²) in [5, 5.41) is 22.2. The van der Waals surface area contributed by atoms with Crippen LogP contribution in [-0.4, -0.2) is 28.3 Å². The second-order valence-corrected chi connectivity index (χ2v) is 5.42. The molecule has 0 aromatic heterocycles. The Kier molecular flexibility index (Phi) is 4.56. The van der Waals surface area contributed by atoms with Crippen molar-refractivity contribution in [2.45, 2.75) is 44.2 Å². The third kappa shape index (κ3) is 4.33. The Morgan fingerprint density at radius 2 is 1.74 bits per heavy atom. The van der Waals surface area contributed by atoms with Gasteiger partial charge >= 0.3 is 5.97 Å². The SMILES string of the molecule is O=C(O)Cc1ccc(CNCC2(O)CCCC2)cc1. The molecular formula is C15H21NO3. The second-order valence-electron chi connectivity index (χ2n) is 5.42. The zero-order chi connectivity index (χ0) is 13.7. The minimum atomic E-state index is -0.811. The molecule has 1 fully saturated rings. The zero-order valence-corrected chi connectivity index (χ0v) is 11.1. The fourth-order valence-electron chi connectivity index (χ4n) is 2.60. The number of carboxylic acids is 1. The van der Waals surface area contributed by atoms with Crippen LogP contribution in [0.3, 0.4) is 0 Å². The van der Waals surface area contributed by atoms with Crippen molar-refractivity contribution < 1.29 is 15.0 Å². The molecule has 1 saturated carbocycles. The first-order valence-corrected chi connectivity index (χ1v) is 6.80. The van der Waals surface area contributed by atoms with E-state index in [1.54, 1.807) is 0 Å². The van der Waals surface area contributed by atoms with Crippen LogP contribution in [0.5, 0.6) is 0 Å². The zero-order valence-electron chi connectivity index (χ0n) is 11.1. The fourth-order valence-corrected chi connectivity index (χ4v) is 2.60. The first-order chi connectivity index (χ1) is 9.07. The van der Waals surface area contributed by atoms with Crippen molar-refractivity contribution in [2.24, 2.45) is 0 Å². The summed E-state index contributed by atoms with van der Waals surface area (Å²) in [6.07, 6.45) is 4.06. The van der Waals surface area contributed by atoms with Gasteiger partial charge in [0.2, 0.25) is 0 Å². The lowest BCUT2D eigenvalue weighted by atomic mass is 10.0. The molecule has 0 spiro atoms. The van der Waals surface area contributed by atoms with Crippen LogP contribution >= 0.6 is 0 Å². The van der Waals surface area contributed by atoms with E-state index in [-0.39, 0.29) is 6.42 Å². The molecule has 0 atom stereocenters. The standard InChI is InChI=1S/C15H21NO3/c17-14(18)9-12-3-5-13(6-4-12)10-16-11-15(19)7-1-2-8-15/h3-6,16,19H,1-2,7-11H2,(H,17,18). The van der Waals surface area contributed by atoms with E-state index in [0.29, 0.717) is 13.1 Å². The number of carboxylic acid groups (broad SMARTS) is 1. The predicted molar refractivity (Wildman–Crippen MR) is 72.9 cm³/mol. The highest BCUT2D eigenvalue weighted by atomic mass is 16.4. The van der Waals surface area contributed by atoms with E-state index in [4.69, 9.17) is 5.11 Å². The maximum absolute atomic E-state index is 10.6. The van der Waals surface area contributed by atoms with Gasteiger partial charge in [0.05, 0.1) is 12.0 Å². The molecular weight excluding hydrogens is 242 g/mol. The van der Waals surface area contributed by atoms with Gasteiger partial charge in [0.25, 0.3) is 0 Å². The molecule has 0 heterocycles. The lowest BCUT2D eigenvalue weighted by Gasteiger charge is -2.22. The van der Waals surface area contributed by atoms with Crippen molar-refractivity contribution >= 4 is 5.97 Å². The van der Waals surface area contributed by atoms with Gasteiger partial charge in [0, 0.05) is 13.1 Å². The predicted octanol–water partition coefficient (Wildman–Crippen LogP) is 1.71. The van der Waals surface area contributed by atoms with E-state index in [0.717, 1.165) is 36.8 Å². The normalized spacial score (nSPS) is 17.5. The van der Waals surface area contributed by atoms with E-state index in [1.807, 2.05) is 24.3 Å². The number of aliphatic carboxylic acids is 1. The quantitative estimate of drug-likeness (QED) is 0.731. The smallest absolute Gasteiger partial charge is 0.307 e. The molecule has 0 aliphatic heterocycles. The molecule has 1 aliphatic rings. The van der Waals surface area contributed by atoms with Crippen molar-refractivity contribution in [2.75, 3.05) is 6.54 Å². The fraction of sp³-hybridized carbons (Fsp3) is 0.533. The van der Waals surface area contributed by atoms with Crippen LogP contribution in [0.4, 0.5) is 0 Å². The molecule has 0 amide bonds. The maximum atomic E-state index is 10.6. The van der Waals surface area contributed by atoms with Gasteiger partial charge in [0.1, 0.15) is 0 Å². The summed E-state index contributed by atoms with van der Waals surface area (Å²) < 4.78 is 0. The largest absolute Gasteiger partial charge is 0.481 e. The van der Waals surface area contributed by atoms with E-state index in [9.17, 15) is 9.90 Å². The van der Waals surface area contributed by atoms with Gasteiger partial charge in [0.15, 0.2) is 0 Å². The molecule has 4 nitrogen and oxygen atoms in total. The van der Waals surface area contributed by atoms with Crippen molar-refractivity contribution in [1.82, 2.24) is 5.32 Å². The average molecular weight is 263 g/mol. The molecule has 1 aromatic rings. The highest BCUT2D eigenvalue weighted by Crippen LogP contribution is 2.28. The van der Waals surface area contributed by atoms with Crippen molar-refractivity contribution in [1.29, 1.82) is 0 Å². The average Bonchev–Trinajstić information content (AvgIpc) is 2.78. The maximum Gasteiger partial charge on any atom is 0.307 e. The number of benzene rings is 1.